The Morgan fingerprint density at radius 2 is 2.31 bits per heavy atom. The van der Waals surface area contributed by atoms with Crippen LogP contribution in [0.5, 0.6) is 0 Å². The highest BCUT2D eigenvalue weighted by Gasteiger charge is 2.23. The first-order chi connectivity index (χ1) is 7.61. The number of amides is 1. The lowest BCUT2D eigenvalue weighted by molar-refractivity contribution is -0.151. The minimum atomic E-state index is -0.384. The van der Waals surface area contributed by atoms with Gasteiger partial charge in [0.15, 0.2) is 0 Å². The highest BCUT2D eigenvalue weighted by atomic mass is 16.7. The number of hydrazine groups is 1. The molecule has 92 valence electrons. The van der Waals surface area contributed by atoms with Crippen LogP contribution < -0.4 is 16.7 Å². The second kappa shape index (κ2) is 6.41. The quantitative estimate of drug-likeness (QED) is 0.393. The molecule has 0 bridgehead atoms. The Labute approximate surface area is 94.2 Å². The number of likely N-dealkylation sites (tertiary alicyclic amines) is 1. The molecule has 1 atom stereocenters. The fraction of sp³-hybridized carbons (Fsp3) is 0.778. The predicted molar refractivity (Wildman–Crippen MR) is 56.7 cm³/mol. The first-order valence-corrected chi connectivity index (χ1v) is 5.26. The molecule has 0 aromatic rings. The van der Waals surface area contributed by atoms with Crippen LogP contribution in [0.25, 0.3) is 0 Å². The molecule has 1 saturated heterocycles. The normalized spacial score (nSPS) is 20.8. The average Bonchev–Trinajstić information content (AvgIpc) is 2.62. The third kappa shape index (κ3) is 4.56. The summed E-state index contributed by atoms with van der Waals surface area (Å²) < 4.78 is 0. The summed E-state index contributed by atoms with van der Waals surface area (Å²) in [4.78, 5) is 28.3. The second-order valence-electron chi connectivity index (χ2n) is 3.83. The Morgan fingerprint density at radius 1 is 1.56 bits per heavy atom. The van der Waals surface area contributed by atoms with Crippen molar-refractivity contribution >= 4 is 11.9 Å². The molecule has 1 amide bonds. The maximum Gasteiger partial charge on any atom is 0.327 e. The largest absolute Gasteiger partial charge is 0.356 e. The molecule has 0 radical (unpaired) electrons. The molecule has 4 N–H and O–H groups in total. The second-order valence-corrected chi connectivity index (χ2v) is 3.83. The molecule has 0 aliphatic carbocycles. The standard InChI is InChI=1S/C9H18N4O3/c1-7(14)11-8-2-4-13(6-8)5-3-9(15)16-12-10/h8,12H,2-6,10H2,1H3,(H,11,14). The number of nitrogens with zero attached hydrogens (tertiary/aromatic N) is 1. The van der Waals surface area contributed by atoms with Gasteiger partial charge in [-0.25, -0.2) is 5.84 Å². The third-order valence-corrected chi connectivity index (χ3v) is 2.48. The minimum Gasteiger partial charge on any atom is -0.356 e. The number of carbonyl (C=O) groups is 2. The van der Waals surface area contributed by atoms with Crippen LogP contribution in [-0.2, 0) is 14.4 Å². The maximum absolute atomic E-state index is 11.0. The summed E-state index contributed by atoms with van der Waals surface area (Å²) in [5.41, 5.74) is 1.85. The van der Waals surface area contributed by atoms with E-state index in [2.05, 4.69) is 15.1 Å². The van der Waals surface area contributed by atoms with Gasteiger partial charge in [0.25, 0.3) is 0 Å². The molecule has 0 aromatic carbocycles. The number of nitrogens with one attached hydrogen (secondary N) is 2. The van der Waals surface area contributed by atoms with Crippen molar-refractivity contribution in [1.82, 2.24) is 15.8 Å². The molecule has 0 saturated carbocycles. The van der Waals surface area contributed by atoms with Gasteiger partial charge in [-0.05, 0) is 6.42 Å². The summed E-state index contributed by atoms with van der Waals surface area (Å²) in [5.74, 6) is 4.44. The number of hydrogen-bond donors (Lipinski definition) is 3. The first-order valence-electron chi connectivity index (χ1n) is 5.26. The highest BCUT2D eigenvalue weighted by molar-refractivity contribution is 5.73. The summed E-state index contributed by atoms with van der Waals surface area (Å²) in [7, 11) is 0. The molecular formula is C9H18N4O3. The van der Waals surface area contributed by atoms with Crippen molar-refractivity contribution in [3.63, 3.8) is 0 Å². The van der Waals surface area contributed by atoms with Gasteiger partial charge in [0, 0.05) is 32.6 Å². The van der Waals surface area contributed by atoms with Crippen molar-refractivity contribution in [2.75, 3.05) is 19.6 Å². The van der Waals surface area contributed by atoms with Crippen LogP contribution in [0.2, 0.25) is 0 Å². The third-order valence-electron chi connectivity index (χ3n) is 2.48. The molecule has 1 aliphatic rings. The van der Waals surface area contributed by atoms with Crippen molar-refractivity contribution in [3.05, 3.63) is 0 Å². The van der Waals surface area contributed by atoms with E-state index in [1.54, 1.807) is 0 Å². The summed E-state index contributed by atoms with van der Waals surface area (Å²) in [5, 5.41) is 2.86. The summed E-state index contributed by atoms with van der Waals surface area (Å²) in [6, 6.07) is 0.196. The van der Waals surface area contributed by atoms with E-state index in [-0.39, 0.29) is 24.3 Å². The fourth-order valence-electron chi connectivity index (χ4n) is 1.81. The lowest BCUT2D eigenvalue weighted by atomic mass is 10.2. The van der Waals surface area contributed by atoms with Gasteiger partial charge >= 0.3 is 5.97 Å². The van der Waals surface area contributed by atoms with Gasteiger partial charge in [-0.1, -0.05) is 5.59 Å². The van der Waals surface area contributed by atoms with Gasteiger partial charge in [0.05, 0.1) is 6.42 Å². The zero-order valence-corrected chi connectivity index (χ0v) is 9.36. The Kier molecular flexibility index (Phi) is 5.17. The number of nitrogens with two attached hydrogens (primary N) is 1. The first kappa shape index (κ1) is 12.9. The number of rotatable bonds is 5. The molecular weight excluding hydrogens is 212 g/mol. The van der Waals surface area contributed by atoms with Crippen molar-refractivity contribution in [1.29, 1.82) is 0 Å². The maximum atomic E-state index is 11.0. The smallest absolute Gasteiger partial charge is 0.327 e. The van der Waals surface area contributed by atoms with Crippen LogP contribution in [0.1, 0.15) is 19.8 Å². The van der Waals surface area contributed by atoms with Crippen molar-refractivity contribution in [2.24, 2.45) is 5.84 Å². The van der Waals surface area contributed by atoms with Gasteiger partial charge in [0.1, 0.15) is 0 Å². The average molecular weight is 230 g/mol. The highest BCUT2D eigenvalue weighted by Crippen LogP contribution is 2.09. The van der Waals surface area contributed by atoms with E-state index in [1.807, 2.05) is 5.59 Å². The van der Waals surface area contributed by atoms with Crippen molar-refractivity contribution < 1.29 is 14.4 Å². The molecule has 16 heavy (non-hydrogen) atoms. The Morgan fingerprint density at radius 3 is 2.94 bits per heavy atom. The monoisotopic (exact) mass is 230 g/mol. The van der Waals surface area contributed by atoms with E-state index in [0.717, 1.165) is 19.5 Å². The van der Waals surface area contributed by atoms with Crippen LogP contribution >= 0.6 is 0 Å². The molecule has 0 aromatic heterocycles. The van der Waals surface area contributed by atoms with E-state index in [9.17, 15) is 9.59 Å². The fourth-order valence-corrected chi connectivity index (χ4v) is 1.81. The lowest BCUT2D eigenvalue weighted by Crippen LogP contribution is -2.36. The number of hydrogen-bond acceptors (Lipinski definition) is 6. The van der Waals surface area contributed by atoms with Crippen LogP contribution in [0, 0.1) is 0 Å². The topological polar surface area (TPSA) is 96.7 Å². The van der Waals surface area contributed by atoms with Gasteiger partial charge in [0.2, 0.25) is 5.91 Å². The van der Waals surface area contributed by atoms with Crippen molar-refractivity contribution in [2.45, 2.75) is 25.8 Å². The predicted octanol–water partition coefficient (Wildman–Crippen LogP) is -1.49. The Bertz CT molecular complexity index is 259. The van der Waals surface area contributed by atoms with Gasteiger partial charge in [-0.15, -0.1) is 0 Å². The van der Waals surface area contributed by atoms with E-state index in [1.165, 1.54) is 6.92 Å². The molecule has 1 unspecified atom stereocenters. The molecule has 0 spiro atoms. The molecule has 7 nitrogen and oxygen atoms in total. The summed E-state index contributed by atoms with van der Waals surface area (Å²) >= 11 is 0. The van der Waals surface area contributed by atoms with E-state index in [0.29, 0.717) is 6.54 Å². The van der Waals surface area contributed by atoms with E-state index >= 15 is 0 Å². The summed E-state index contributed by atoms with van der Waals surface area (Å²) in [6.07, 6.45) is 1.21. The van der Waals surface area contributed by atoms with Gasteiger partial charge in [-0.3, -0.25) is 9.59 Å². The van der Waals surface area contributed by atoms with Crippen molar-refractivity contribution in [3.8, 4) is 0 Å². The Balaban J connectivity index is 2.16. The van der Waals surface area contributed by atoms with Crippen LogP contribution in [0.3, 0.4) is 0 Å². The number of carbonyl (C=O) groups excluding carboxylic acids is 2. The van der Waals surface area contributed by atoms with E-state index in [4.69, 9.17) is 5.84 Å². The molecule has 1 fully saturated rings. The lowest BCUT2D eigenvalue weighted by Gasteiger charge is -2.15. The van der Waals surface area contributed by atoms with Gasteiger partial charge in [-0.2, -0.15) is 0 Å². The SMILES string of the molecule is CC(=O)NC1CCN(CCC(=O)ONN)C1. The van der Waals surface area contributed by atoms with Crippen LogP contribution in [0.15, 0.2) is 0 Å². The zero-order chi connectivity index (χ0) is 12.0. The zero-order valence-electron chi connectivity index (χ0n) is 9.36. The molecule has 1 heterocycles. The van der Waals surface area contributed by atoms with E-state index < -0.39 is 0 Å². The molecule has 7 heteroatoms. The molecule has 1 rings (SSSR count). The minimum absolute atomic E-state index is 0.0152. The summed E-state index contributed by atoms with van der Waals surface area (Å²) in [6.45, 7) is 3.79. The van der Waals surface area contributed by atoms with Gasteiger partial charge < -0.3 is 15.1 Å². The molecule has 1 aliphatic heterocycles. The Hall–Kier alpha value is -1.18. The van der Waals surface area contributed by atoms with Crippen LogP contribution in [0.4, 0.5) is 0 Å². The van der Waals surface area contributed by atoms with Crippen LogP contribution in [-0.4, -0.2) is 42.5 Å².